The average Bonchev–Trinajstić information content (AvgIpc) is 2.43. The predicted octanol–water partition coefficient (Wildman–Crippen LogP) is 1.64. The molecule has 1 aromatic heterocycles. The Morgan fingerprint density at radius 3 is 2.89 bits per heavy atom. The minimum absolute atomic E-state index is 0.206. The van der Waals surface area contributed by atoms with E-state index in [1.807, 2.05) is 6.92 Å². The van der Waals surface area contributed by atoms with E-state index in [4.69, 9.17) is 22.7 Å². The number of halogens is 1. The first kappa shape index (κ1) is 15.2. The maximum atomic E-state index is 12.2. The fourth-order valence-corrected chi connectivity index (χ4v) is 1.79. The third kappa shape index (κ3) is 3.81. The number of nitrogens with one attached hydrogen (secondary N) is 1. The van der Waals surface area contributed by atoms with Gasteiger partial charge in [0, 0.05) is 19.3 Å². The molecule has 0 aliphatic heterocycles. The van der Waals surface area contributed by atoms with Gasteiger partial charge < -0.3 is 10.3 Å². The van der Waals surface area contributed by atoms with Gasteiger partial charge >= 0.3 is 0 Å². The second kappa shape index (κ2) is 6.92. The predicted molar refractivity (Wildman–Crippen MR) is 73.4 cm³/mol. The minimum atomic E-state index is -0.225. The van der Waals surface area contributed by atoms with Crippen molar-refractivity contribution < 1.29 is 4.79 Å². The summed E-state index contributed by atoms with van der Waals surface area (Å²) in [5, 5.41) is 9.08. The number of amides is 1. The third-order valence-corrected chi connectivity index (χ3v) is 2.90. The first-order chi connectivity index (χ1) is 9.03. The zero-order valence-electron chi connectivity index (χ0n) is 10.9. The zero-order valence-corrected chi connectivity index (χ0v) is 11.6. The van der Waals surface area contributed by atoms with Crippen LogP contribution >= 0.6 is 11.6 Å². The van der Waals surface area contributed by atoms with Crippen LogP contribution in [0.25, 0.3) is 0 Å². The molecule has 7 heteroatoms. The fraction of sp³-hybridized carbons (Fsp3) is 0.417. The Morgan fingerprint density at radius 1 is 1.74 bits per heavy atom. The monoisotopic (exact) mass is 281 g/mol. The molecule has 0 aromatic carbocycles. The molecule has 1 amide bonds. The molecule has 19 heavy (non-hydrogen) atoms. The van der Waals surface area contributed by atoms with E-state index in [1.165, 1.54) is 12.3 Å². The number of carbonyl (C=O) groups excluding carboxylic acids is 1. The largest absolute Gasteiger partial charge is 0.338 e. The number of nitrogen functional groups attached to an aromatic ring is 1. The topological polar surface area (TPSA) is 95.0 Å². The number of nitrogens with zero attached hydrogens (tertiary/aromatic N) is 3. The van der Waals surface area contributed by atoms with Crippen molar-refractivity contribution in [1.82, 2.24) is 9.88 Å². The fourth-order valence-electron chi connectivity index (χ4n) is 1.57. The number of rotatable bonds is 5. The van der Waals surface area contributed by atoms with Crippen molar-refractivity contribution in [2.75, 3.05) is 18.5 Å². The van der Waals surface area contributed by atoms with Crippen LogP contribution < -0.4 is 11.3 Å². The van der Waals surface area contributed by atoms with Crippen LogP contribution in [0.3, 0.4) is 0 Å². The van der Waals surface area contributed by atoms with Gasteiger partial charge in [0.05, 0.1) is 22.6 Å². The van der Waals surface area contributed by atoms with E-state index in [0.717, 1.165) is 0 Å². The standard InChI is InChI=1S/C12H16ClN5O/c1-3-18(7-8(2)5-14)12(19)9-4-10(13)11(17-15)16-6-9/h4,6,8H,3,7,15H2,1-2H3,(H,16,17). The number of carbonyl (C=O) groups is 1. The van der Waals surface area contributed by atoms with Gasteiger partial charge in [-0.05, 0) is 19.9 Å². The Kier molecular flexibility index (Phi) is 5.55. The number of hydrogen-bond acceptors (Lipinski definition) is 5. The van der Waals surface area contributed by atoms with Crippen molar-refractivity contribution in [3.63, 3.8) is 0 Å². The number of anilines is 1. The number of hydrazine groups is 1. The molecule has 1 heterocycles. The van der Waals surface area contributed by atoms with Crippen molar-refractivity contribution in [1.29, 1.82) is 5.26 Å². The molecule has 0 spiro atoms. The van der Waals surface area contributed by atoms with Crippen LogP contribution in [0.5, 0.6) is 0 Å². The molecule has 0 saturated carbocycles. The Hall–Kier alpha value is -1.84. The summed E-state index contributed by atoms with van der Waals surface area (Å²) in [5.74, 6) is 5.10. The second-order valence-electron chi connectivity index (χ2n) is 4.07. The SMILES string of the molecule is CCN(CC(C)C#N)C(=O)c1cnc(NN)c(Cl)c1. The van der Waals surface area contributed by atoms with Gasteiger partial charge in [-0.1, -0.05) is 11.6 Å². The van der Waals surface area contributed by atoms with Crippen molar-refractivity contribution in [3.05, 3.63) is 22.8 Å². The van der Waals surface area contributed by atoms with Crippen LogP contribution in [-0.2, 0) is 0 Å². The van der Waals surface area contributed by atoms with Gasteiger partial charge in [-0.15, -0.1) is 0 Å². The van der Waals surface area contributed by atoms with Crippen molar-refractivity contribution in [2.45, 2.75) is 13.8 Å². The molecule has 1 unspecified atom stereocenters. The van der Waals surface area contributed by atoms with E-state index in [2.05, 4.69) is 16.5 Å². The van der Waals surface area contributed by atoms with Crippen LogP contribution in [0.4, 0.5) is 5.82 Å². The van der Waals surface area contributed by atoms with Crippen molar-refractivity contribution >= 4 is 23.3 Å². The third-order valence-electron chi connectivity index (χ3n) is 2.61. The lowest BCUT2D eigenvalue weighted by Crippen LogP contribution is -2.34. The molecule has 1 rings (SSSR count). The highest BCUT2D eigenvalue weighted by Crippen LogP contribution is 2.20. The molecule has 1 atom stereocenters. The molecule has 1 aromatic rings. The van der Waals surface area contributed by atoms with Crippen LogP contribution in [-0.4, -0.2) is 28.9 Å². The Bertz CT molecular complexity index is 499. The molecule has 0 bridgehead atoms. The van der Waals surface area contributed by atoms with Gasteiger partial charge in [0.2, 0.25) is 0 Å². The first-order valence-electron chi connectivity index (χ1n) is 5.84. The number of pyridine rings is 1. The summed E-state index contributed by atoms with van der Waals surface area (Å²) in [6, 6.07) is 3.61. The summed E-state index contributed by atoms with van der Waals surface area (Å²) in [4.78, 5) is 17.8. The molecule has 0 aliphatic carbocycles. The Morgan fingerprint density at radius 2 is 2.42 bits per heavy atom. The van der Waals surface area contributed by atoms with Gasteiger partial charge in [-0.3, -0.25) is 4.79 Å². The van der Waals surface area contributed by atoms with Gasteiger partial charge in [0.25, 0.3) is 5.91 Å². The molecular formula is C12H16ClN5O. The number of nitriles is 1. The summed E-state index contributed by atoms with van der Waals surface area (Å²) in [5.41, 5.74) is 2.71. The molecule has 0 fully saturated rings. The van der Waals surface area contributed by atoms with Gasteiger partial charge in [0.15, 0.2) is 5.82 Å². The average molecular weight is 282 g/mol. The van der Waals surface area contributed by atoms with E-state index in [9.17, 15) is 4.79 Å². The van der Waals surface area contributed by atoms with E-state index in [1.54, 1.807) is 11.8 Å². The summed E-state index contributed by atoms with van der Waals surface area (Å²) in [6.45, 7) is 4.51. The minimum Gasteiger partial charge on any atom is -0.338 e. The Balaban J connectivity index is 2.92. The summed E-state index contributed by atoms with van der Waals surface area (Å²) in [6.07, 6.45) is 1.41. The smallest absolute Gasteiger partial charge is 0.255 e. The maximum absolute atomic E-state index is 12.2. The highest BCUT2D eigenvalue weighted by molar-refractivity contribution is 6.33. The molecule has 0 aliphatic rings. The molecular weight excluding hydrogens is 266 g/mol. The summed E-state index contributed by atoms with van der Waals surface area (Å²) < 4.78 is 0. The van der Waals surface area contributed by atoms with Crippen molar-refractivity contribution in [3.8, 4) is 6.07 Å². The van der Waals surface area contributed by atoms with E-state index in [-0.39, 0.29) is 16.8 Å². The van der Waals surface area contributed by atoms with E-state index >= 15 is 0 Å². The quantitative estimate of drug-likeness (QED) is 0.632. The number of hydrogen-bond donors (Lipinski definition) is 2. The summed E-state index contributed by atoms with van der Waals surface area (Å²) >= 11 is 5.93. The van der Waals surface area contributed by atoms with E-state index < -0.39 is 0 Å². The van der Waals surface area contributed by atoms with Crippen LogP contribution in [0.1, 0.15) is 24.2 Å². The van der Waals surface area contributed by atoms with Crippen LogP contribution in [0.2, 0.25) is 5.02 Å². The maximum Gasteiger partial charge on any atom is 0.255 e. The second-order valence-corrected chi connectivity index (χ2v) is 4.48. The number of aromatic nitrogens is 1. The van der Waals surface area contributed by atoms with Gasteiger partial charge in [-0.25, -0.2) is 10.8 Å². The van der Waals surface area contributed by atoms with Gasteiger partial charge in [0.1, 0.15) is 0 Å². The zero-order chi connectivity index (χ0) is 14.4. The number of nitrogens with two attached hydrogens (primary N) is 1. The van der Waals surface area contributed by atoms with Crippen molar-refractivity contribution in [2.24, 2.45) is 11.8 Å². The van der Waals surface area contributed by atoms with Crippen LogP contribution in [0.15, 0.2) is 12.3 Å². The lowest BCUT2D eigenvalue weighted by atomic mass is 10.1. The molecule has 3 N–H and O–H groups in total. The lowest BCUT2D eigenvalue weighted by Gasteiger charge is -2.22. The first-order valence-corrected chi connectivity index (χ1v) is 6.22. The highest BCUT2D eigenvalue weighted by Gasteiger charge is 2.18. The highest BCUT2D eigenvalue weighted by atomic mass is 35.5. The van der Waals surface area contributed by atoms with Crippen LogP contribution in [0, 0.1) is 17.2 Å². The molecule has 102 valence electrons. The van der Waals surface area contributed by atoms with E-state index in [0.29, 0.717) is 24.5 Å². The molecule has 0 radical (unpaired) electrons. The molecule has 6 nitrogen and oxygen atoms in total. The molecule has 0 saturated heterocycles. The lowest BCUT2D eigenvalue weighted by molar-refractivity contribution is 0.0752. The normalized spacial score (nSPS) is 11.5. The Labute approximate surface area is 117 Å². The van der Waals surface area contributed by atoms with Gasteiger partial charge in [-0.2, -0.15) is 5.26 Å². The summed E-state index contributed by atoms with van der Waals surface area (Å²) in [7, 11) is 0.